The van der Waals surface area contributed by atoms with Crippen molar-refractivity contribution in [2.45, 2.75) is 51.7 Å². The Morgan fingerprint density at radius 1 is 0.833 bits per heavy atom. The molecule has 3 N–H and O–H groups in total. The van der Waals surface area contributed by atoms with Crippen molar-refractivity contribution >= 4 is 34.3 Å². The SMILES string of the molecule is Cc1c(-c2ccc(O)cc2)n(Cc2ccc(OCCCCN3CCN(c4ccc5c(c4)CN(C4CCC(=O)NC4=O)C5=O)CC3)cc2)c2ccc(O)cc12. The number of rotatable bonds is 11. The number of amides is 3. The van der Waals surface area contributed by atoms with Gasteiger partial charge < -0.3 is 29.3 Å². The van der Waals surface area contributed by atoms with Gasteiger partial charge in [-0.2, -0.15) is 0 Å². The van der Waals surface area contributed by atoms with Gasteiger partial charge in [0.2, 0.25) is 11.8 Å². The van der Waals surface area contributed by atoms with E-state index in [2.05, 4.69) is 44.8 Å². The molecule has 3 aliphatic rings. The summed E-state index contributed by atoms with van der Waals surface area (Å²) < 4.78 is 8.38. The van der Waals surface area contributed by atoms with Crippen molar-refractivity contribution in [2.24, 2.45) is 0 Å². The van der Waals surface area contributed by atoms with E-state index >= 15 is 0 Å². The molecular weight excluding hydrogens is 683 g/mol. The molecule has 54 heavy (non-hydrogen) atoms. The van der Waals surface area contributed by atoms with Crippen molar-refractivity contribution in [1.82, 2.24) is 19.7 Å². The lowest BCUT2D eigenvalue weighted by molar-refractivity contribution is -0.136. The number of anilines is 1. The molecule has 5 aromatic rings. The van der Waals surface area contributed by atoms with Crippen LogP contribution in [-0.4, -0.2) is 87.7 Å². The second-order valence-corrected chi connectivity index (χ2v) is 14.6. The number of piperazine rings is 1. The van der Waals surface area contributed by atoms with Crippen LogP contribution >= 0.6 is 0 Å². The van der Waals surface area contributed by atoms with Crippen LogP contribution in [0.4, 0.5) is 5.69 Å². The number of unbranched alkanes of at least 4 members (excludes halogenated alkanes) is 1. The Bertz CT molecular complexity index is 2200. The van der Waals surface area contributed by atoms with Crippen LogP contribution in [0.15, 0.2) is 84.9 Å². The maximum absolute atomic E-state index is 13.1. The first-order valence-electron chi connectivity index (χ1n) is 18.8. The topological polar surface area (TPSA) is 128 Å². The van der Waals surface area contributed by atoms with Crippen molar-refractivity contribution in [3.63, 3.8) is 0 Å². The number of phenols is 2. The van der Waals surface area contributed by atoms with Crippen LogP contribution in [0.2, 0.25) is 0 Å². The summed E-state index contributed by atoms with van der Waals surface area (Å²) in [7, 11) is 0. The molecular formula is C43H45N5O6. The van der Waals surface area contributed by atoms with E-state index in [1.54, 1.807) is 23.1 Å². The zero-order chi connectivity index (χ0) is 37.3. The summed E-state index contributed by atoms with van der Waals surface area (Å²) in [5, 5.41) is 23.4. The summed E-state index contributed by atoms with van der Waals surface area (Å²) in [6.07, 6.45) is 2.62. The van der Waals surface area contributed by atoms with Gasteiger partial charge in [0.05, 0.1) is 12.3 Å². The standard InChI is InChI=1S/C43H45N5O6/c1-28-37-25-34(50)11-15-38(37)47(41(28)30-6-9-33(49)10-7-30)26-29-4-12-35(13-5-29)54-23-3-2-18-45-19-21-46(22-20-45)32-8-14-36-31(24-32)27-48(43(36)53)39-16-17-40(51)44-42(39)52/h4-15,24-25,39,49-50H,2-3,16-23,26-27H2,1H3,(H,44,51,52). The van der Waals surface area contributed by atoms with Crippen LogP contribution in [0, 0.1) is 6.92 Å². The first-order chi connectivity index (χ1) is 26.2. The van der Waals surface area contributed by atoms with Gasteiger partial charge in [-0.25, -0.2) is 0 Å². The number of fused-ring (bicyclic) bond motifs is 2. The Morgan fingerprint density at radius 3 is 2.35 bits per heavy atom. The summed E-state index contributed by atoms with van der Waals surface area (Å²) in [6.45, 7) is 8.52. The van der Waals surface area contributed by atoms with Crippen LogP contribution in [0.5, 0.6) is 17.2 Å². The first-order valence-corrected chi connectivity index (χ1v) is 18.8. The molecule has 11 heteroatoms. The predicted octanol–water partition coefficient (Wildman–Crippen LogP) is 5.82. The molecule has 2 fully saturated rings. The normalized spacial score (nSPS) is 17.6. The van der Waals surface area contributed by atoms with Crippen LogP contribution < -0.4 is 15.0 Å². The molecule has 3 aliphatic heterocycles. The van der Waals surface area contributed by atoms with E-state index in [-0.39, 0.29) is 35.6 Å². The minimum absolute atomic E-state index is 0.141. The van der Waals surface area contributed by atoms with Crippen LogP contribution in [0.3, 0.4) is 0 Å². The van der Waals surface area contributed by atoms with Crippen molar-refractivity contribution in [3.8, 4) is 28.5 Å². The number of nitrogens with one attached hydrogen (secondary N) is 1. The number of hydrogen-bond donors (Lipinski definition) is 3. The molecule has 0 aliphatic carbocycles. The zero-order valence-electron chi connectivity index (χ0n) is 30.5. The van der Waals surface area contributed by atoms with Gasteiger partial charge in [-0.1, -0.05) is 12.1 Å². The van der Waals surface area contributed by atoms with Gasteiger partial charge in [0.25, 0.3) is 5.91 Å². The molecule has 3 amide bonds. The maximum Gasteiger partial charge on any atom is 0.255 e. The number of nitrogens with zero attached hydrogens (tertiary/aromatic N) is 4. The lowest BCUT2D eigenvalue weighted by Crippen LogP contribution is -2.52. The lowest BCUT2D eigenvalue weighted by atomic mass is 10.0. The zero-order valence-corrected chi connectivity index (χ0v) is 30.5. The number of benzene rings is 4. The molecule has 8 rings (SSSR count). The number of carbonyl (C=O) groups is 3. The van der Waals surface area contributed by atoms with E-state index in [9.17, 15) is 24.6 Å². The van der Waals surface area contributed by atoms with E-state index < -0.39 is 6.04 Å². The predicted molar refractivity (Wildman–Crippen MR) is 207 cm³/mol. The van der Waals surface area contributed by atoms with E-state index in [1.807, 2.05) is 48.5 Å². The average Bonchev–Trinajstić information content (AvgIpc) is 3.64. The summed E-state index contributed by atoms with van der Waals surface area (Å²) >= 11 is 0. The van der Waals surface area contributed by atoms with Crippen molar-refractivity contribution in [2.75, 3.05) is 44.2 Å². The van der Waals surface area contributed by atoms with E-state index in [0.717, 1.165) is 95.9 Å². The third kappa shape index (κ3) is 7.11. The molecule has 1 unspecified atom stereocenters. The van der Waals surface area contributed by atoms with Crippen molar-refractivity contribution in [3.05, 3.63) is 107 Å². The fourth-order valence-electron chi connectivity index (χ4n) is 8.15. The average molecular weight is 728 g/mol. The second-order valence-electron chi connectivity index (χ2n) is 14.6. The quantitative estimate of drug-likeness (QED) is 0.115. The fraction of sp³-hybridized carbons (Fsp3) is 0.326. The molecule has 11 nitrogen and oxygen atoms in total. The molecule has 2 saturated heterocycles. The highest BCUT2D eigenvalue weighted by Crippen LogP contribution is 2.36. The maximum atomic E-state index is 13.1. The lowest BCUT2D eigenvalue weighted by Gasteiger charge is -2.36. The van der Waals surface area contributed by atoms with Crippen molar-refractivity contribution in [1.29, 1.82) is 0 Å². The molecule has 0 bridgehead atoms. The molecule has 0 saturated carbocycles. The molecule has 4 heterocycles. The van der Waals surface area contributed by atoms with Crippen molar-refractivity contribution < 1.29 is 29.3 Å². The number of aromatic hydroxyl groups is 2. The minimum Gasteiger partial charge on any atom is -0.508 e. The highest BCUT2D eigenvalue weighted by Gasteiger charge is 2.39. The summed E-state index contributed by atoms with van der Waals surface area (Å²) in [4.78, 5) is 43.5. The molecule has 1 atom stereocenters. The van der Waals surface area contributed by atoms with E-state index in [1.165, 1.54) is 0 Å². The number of aromatic nitrogens is 1. The van der Waals surface area contributed by atoms with Crippen LogP contribution in [-0.2, 0) is 22.7 Å². The highest BCUT2D eigenvalue weighted by molar-refractivity contribution is 6.05. The van der Waals surface area contributed by atoms with Gasteiger partial charge in [0, 0.05) is 67.8 Å². The van der Waals surface area contributed by atoms with Gasteiger partial charge in [-0.05, 0) is 128 Å². The number of phenolic OH excluding ortho intramolecular Hbond substituents is 2. The second kappa shape index (κ2) is 14.9. The smallest absolute Gasteiger partial charge is 0.255 e. The highest BCUT2D eigenvalue weighted by atomic mass is 16.5. The van der Waals surface area contributed by atoms with Crippen LogP contribution in [0.25, 0.3) is 22.2 Å². The van der Waals surface area contributed by atoms with Gasteiger partial charge in [0.15, 0.2) is 0 Å². The third-order valence-corrected chi connectivity index (χ3v) is 11.1. The largest absolute Gasteiger partial charge is 0.508 e. The molecule has 1 aromatic heterocycles. The van der Waals surface area contributed by atoms with E-state index in [0.29, 0.717) is 31.7 Å². The molecule has 0 radical (unpaired) electrons. The Balaban J connectivity index is 0.796. The summed E-state index contributed by atoms with van der Waals surface area (Å²) in [5.41, 5.74) is 7.98. The van der Waals surface area contributed by atoms with Gasteiger partial charge in [0.1, 0.15) is 23.3 Å². The molecule has 0 spiro atoms. The Hall–Kier alpha value is -5.81. The fourth-order valence-corrected chi connectivity index (χ4v) is 8.15. The minimum atomic E-state index is -0.599. The van der Waals surface area contributed by atoms with Gasteiger partial charge in [-0.3, -0.25) is 24.6 Å². The number of carbonyl (C=O) groups excluding carboxylic acids is 3. The number of hydrogen-bond acceptors (Lipinski definition) is 8. The third-order valence-electron chi connectivity index (χ3n) is 11.1. The van der Waals surface area contributed by atoms with Gasteiger partial charge in [-0.15, -0.1) is 0 Å². The number of ether oxygens (including phenoxy) is 1. The van der Waals surface area contributed by atoms with E-state index in [4.69, 9.17) is 4.74 Å². The number of imide groups is 1. The van der Waals surface area contributed by atoms with Crippen LogP contribution in [0.1, 0.15) is 52.7 Å². The molecule has 278 valence electrons. The molecule has 4 aromatic carbocycles. The Morgan fingerprint density at radius 2 is 1.59 bits per heavy atom. The summed E-state index contributed by atoms with van der Waals surface area (Å²) in [6, 6.07) is 26.4. The first kappa shape index (κ1) is 35.2. The van der Waals surface area contributed by atoms with Gasteiger partial charge >= 0.3 is 0 Å². The Kier molecular flexibility index (Phi) is 9.72. The number of aryl methyl sites for hydroxylation is 1. The monoisotopic (exact) mass is 727 g/mol. The number of piperidine rings is 1. The summed E-state index contributed by atoms with van der Waals surface area (Å²) in [5.74, 6) is 0.503. The Labute approximate surface area is 314 Å².